The molecule has 3 aromatic rings. The van der Waals surface area contributed by atoms with E-state index in [2.05, 4.69) is 66.6 Å². The number of carbonyl (C=O) groups excluding carboxylic acids is 1. The Morgan fingerprint density at radius 2 is 1.33 bits per heavy atom. The molecule has 54 heavy (non-hydrogen) atoms. The Morgan fingerprint density at radius 1 is 0.833 bits per heavy atom. The molecule has 2 atom stereocenters. The van der Waals surface area contributed by atoms with Crippen LogP contribution in [-0.4, -0.2) is 52.2 Å². The molecule has 1 aromatic carbocycles. The second-order valence-electron chi connectivity index (χ2n) is 14.4. The maximum atomic E-state index is 13.4. The summed E-state index contributed by atoms with van der Waals surface area (Å²) in [4.78, 5) is 28.6. The molecule has 1 amide bonds. The maximum absolute atomic E-state index is 13.4. The number of hydrogen-bond acceptors (Lipinski definition) is 6. The lowest BCUT2D eigenvalue weighted by Gasteiger charge is -2.36. The number of aryl methyl sites for hydroxylation is 1. The first-order valence-electron chi connectivity index (χ1n) is 18.9. The van der Waals surface area contributed by atoms with E-state index in [-0.39, 0.29) is 14.0 Å². The third-order valence-electron chi connectivity index (χ3n) is 10.7. The van der Waals surface area contributed by atoms with E-state index in [0.717, 1.165) is 69.8 Å². The predicted octanol–water partition coefficient (Wildman–Crippen LogP) is 12.8. The van der Waals surface area contributed by atoms with Crippen LogP contribution in [0.2, 0.25) is 0 Å². The van der Waals surface area contributed by atoms with Crippen molar-refractivity contribution in [3.63, 3.8) is 0 Å². The Kier molecular flexibility index (Phi) is 16.4. The molecule has 6 rings (SSSR count). The molecule has 0 radical (unpaired) electrons. The minimum atomic E-state index is -4.47. The largest absolute Gasteiger partial charge is 0.439 e. The Bertz CT molecular complexity index is 1690. The van der Waals surface area contributed by atoms with E-state index in [1.54, 1.807) is 24.1 Å². The summed E-state index contributed by atoms with van der Waals surface area (Å²) in [6.45, 7) is 9.81. The zero-order chi connectivity index (χ0) is 38.3. The van der Waals surface area contributed by atoms with Crippen LogP contribution < -0.4 is 9.80 Å². The second kappa shape index (κ2) is 20.0. The van der Waals surface area contributed by atoms with Gasteiger partial charge in [-0.2, -0.15) is 13.2 Å². The number of carbonyl (C=O) groups is 1. The summed E-state index contributed by atoms with van der Waals surface area (Å²) < 4.78 is 47.6. The number of nitrogens with zero attached hydrogens (tertiary/aromatic N) is 5. The van der Waals surface area contributed by atoms with Crippen molar-refractivity contribution in [1.82, 2.24) is 14.9 Å². The highest BCUT2D eigenvalue weighted by molar-refractivity contribution is 9.10. The number of aromatic nitrogens is 2. The van der Waals surface area contributed by atoms with Gasteiger partial charge in [-0.3, -0.25) is 4.90 Å². The Hall–Kier alpha value is -2.57. The first kappa shape index (κ1) is 44.1. The highest BCUT2D eigenvalue weighted by atomic mass is 79.9. The Balaban J connectivity index is 0.000000288. The summed E-state index contributed by atoms with van der Waals surface area (Å²) >= 11 is 13.0. The molecule has 3 heterocycles. The van der Waals surface area contributed by atoms with Gasteiger partial charge in [0.05, 0.1) is 24.0 Å². The van der Waals surface area contributed by atoms with Crippen LogP contribution in [-0.2, 0) is 23.3 Å². The molecular formula is C41H55Br2ClF3N5O2. The molecule has 0 unspecified atom stereocenters. The third kappa shape index (κ3) is 10.8. The van der Waals surface area contributed by atoms with Crippen LogP contribution in [0.1, 0.15) is 126 Å². The lowest BCUT2D eigenvalue weighted by molar-refractivity contribution is -0.137. The van der Waals surface area contributed by atoms with Gasteiger partial charge in [0.2, 0.25) is 0 Å². The van der Waals surface area contributed by atoms with Gasteiger partial charge in [-0.15, -0.1) is 11.6 Å². The van der Waals surface area contributed by atoms with Crippen LogP contribution in [0.4, 0.5) is 29.6 Å². The normalized spacial score (nSPS) is 19.4. The fourth-order valence-electron chi connectivity index (χ4n) is 8.11. The molecule has 0 bridgehead atoms. The SMILES string of the molecule is C.CCN(c1ncc(Br)cc1CCl)C1CCCCC1.CCN(c1ncc(Br)cc1CN1C(=O)O[C@H](c2cc(C)cc(C(F)(F)F)c2)[C@@H]1C)C1CCCCC1. The average Bonchev–Trinajstić information content (AvgIpc) is 3.42. The first-order valence-corrected chi connectivity index (χ1v) is 21.0. The predicted molar refractivity (Wildman–Crippen MR) is 220 cm³/mol. The van der Waals surface area contributed by atoms with E-state index in [1.165, 1.54) is 51.4 Å². The quantitative estimate of drug-likeness (QED) is 0.189. The fourth-order valence-corrected chi connectivity index (χ4v) is 9.06. The number of rotatable bonds is 10. The van der Waals surface area contributed by atoms with E-state index in [1.807, 2.05) is 19.2 Å². The summed E-state index contributed by atoms with van der Waals surface area (Å²) in [5.74, 6) is 2.44. The van der Waals surface area contributed by atoms with Gasteiger partial charge in [-0.05, 0) is 115 Å². The van der Waals surface area contributed by atoms with Crippen LogP contribution >= 0.6 is 43.5 Å². The van der Waals surface area contributed by atoms with Crippen molar-refractivity contribution in [2.24, 2.45) is 0 Å². The van der Waals surface area contributed by atoms with Crippen molar-refractivity contribution in [3.8, 4) is 0 Å². The molecular weight excluding hydrogens is 847 g/mol. The van der Waals surface area contributed by atoms with Gasteiger partial charge in [0, 0.05) is 57.6 Å². The molecule has 3 aliphatic rings. The summed E-state index contributed by atoms with van der Waals surface area (Å²) in [6.07, 6.45) is 10.4. The summed E-state index contributed by atoms with van der Waals surface area (Å²) in [7, 11) is 0. The standard InChI is InChI=1S/C26H31BrF3N3O2.C14H20BrClN2.CH4/c1-4-32(22-8-6-5-7-9-22)24-19(13-21(27)14-31-24)15-33-17(3)23(35-25(33)34)18-10-16(2)11-20(12-18)26(28,29)30;1-2-18(13-6-4-3-5-7-13)14-11(9-16)8-12(15)10-17-14;/h10-14,17,22-23H,4-9,15H2,1-3H3;8,10,13H,2-7,9H2,1H3;1H4/t17-,23-;;/m0../s1. The van der Waals surface area contributed by atoms with E-state index in [9.17, 15) is 18.0 Å². The zero-order valence-electron chi connectivity index (χ0n) is 31.1. The lowest BCUT2D eigenvalue weighted by Crippen LogP contribution is -2.39. The van der Waals surface area contributed by atoms with Crippen LogP contribution in [0.15, 0.2) is 51.7 Å². The highest BCUT2D eigenvalue weighted by Gasteiger charge is 2.42. The molecule has 0 N–H and O–H groups in total. The van der Waals surface area contributed by atoms with Crippen molar-refractivity contribution < 1.29 is 22.7 Å². The Labute approximate surface area is 341 Å². The van der Waals surface area contributed by atoms with Crippen molar-refractivity contribution in [2.75, 3.05) is 22.9 Å². The van der Waals surface area contributed by atoms with Crippen molar-refractivity contribution >= 4 is 61.2 Å². The molecule has 0 spiro atoms. The fraction of sp³-hybridized carbons (Fsp3) is 0.585. The van der Waals surface area contributed by atoms with E-state index < -0.39 is 30.0 Å². The molecule has 1 aliphatic heterocycles. The van der Waals surface area contributed by atoms with Gasteiger partial charge in [-0.1, -0.05) is 57.6 Å². The van der Waals surface area contributed by atoms with Crippen LogP contribution in [0.3, 0.4) is 0 Å². The number of hydrogen-bond donors (Lipinski definition) is 0. The minimum Gasteiger partial charge on any atom is -0.439 e. The van der Waals surface area contributed by atoms with Gasteiger partial charge >= 0.3 is 12.3 Å². The molecule has 3 fully saturated rings. The van der Waals surface area contributed by atoms with Gasteiger partial charge in [-0.25, -0.2) is 14.8 Å². The van der Waals surface area contributed by atoms with E-state index >= 15 is 0 Å². The number of amides is 1. The molecule has 2 aromatic heterocycles. The van der Waals surface area contributed by atoms with Gasteiger partial charge in [0.1, 0.15) is 17.7 Å². The zero-order valence-corrected chi connectivity index (χ0v) is 35.0. The monoisotopic (exact) mass is 899 g/mol. The van der Waals surface area contributed by atoms with Gasteiger partial charge in [0.25, 0.3) is 0 Å². The number of cyclic esters (lactones) is 1. The summed E-state index contributed by atoms with van der Waals surface area (Å²) in [5.41, 5.74) is 2.10. The number of benzene rings is 1. The van der Waals surface area contributed by atoms with Crippen molar-refractivity contribution in [2.45, 2.75) is 142 Å². The maximum Gasteiger partial charge on any atom is 0.416 e. The number of alkyl halides is 4. The lowest BCUT2D eigenvalue weighted by atomic mass is 9.94. The average molecular weight is 902 g/mol. The molecule has 2 saturated carbocycles. The highest BCUT2D eigenvalue weighted by Crippen LogP contribution is 2.39. The molecule has 2 aliphatic carbocycles. The number of ether oxygens (including phenoxy) is 1. The number of anilines is 2. The topological polar surface area (TPSA) is 61.8 Å². The second-order valence-corrected chi connectivity index (χ2v) is 16.5. The molecule has 1 saturated heterocycles. The van der Waals surface area contributed by atoms with Crippen LogP contribution in [0, 0.1) is 6.92 Å². The number of halogens is 6. The molecule has 298 valence electrons. The molecule has 13 heteroatoms. The number of pyridine rings is 2. The molecule has 7 nitrogen and oxygen atoms in total. The minimum absolute atomic E-state index is 0. The van der Waals surface area contributed by atoms with Gasteiger partial charge < -0.3 is 14.5 Å². The van der Waals surface area contributed by atoms with E-state index in [4.69, 9.17) is 21.3 Å². The summed E-state index contributed by atoms with van der Waals surface area (Å²) in [5, 5.41) is 0. The van der Waals surface area contributed by atoms with Crippen LogP contribution in [0.25, 0.3) is 0 Å². The Morgan fingerprint density at radius 3 is 1.81 bits per heavy atom. The van der Waals surface area contributed by atoms with Crippen LogP contribution in [0.5, 0.6) is 0 Å². The summed E-state index contributed by atoms with van der Waals surface area (Å²) in [6, 6.07) is 8.50. The van der Waals surface area contributed by atoms with Gasteiger partial charge in [0.15, 0.2) is 0 Å². The third-order valence-corrected chi connectivity index (χ3v) is 11.9. The van der Waals surface area contributed by atoms with E-state index in [0.29, 0.717) is 29.1 Å². The van der Waals surface area contributed by atoms with Crippen molar-refractivity contribution in [3.05, 3.63) is 79.5 Å². The first-order chi connectivity index (χ1) is 25.3. The van der Waals surface area contributed by atoms with Crippen molar-refractivity contribution in [1.29, 1.82) is 0 Å². The smallest absolute Gasteiger partial charge is 0.416 e.